The quantitative estimate of drug-likeness (QED) is 0.919. The van der Waals surface area contributed by atoms with Crippen LogP contribution in [0.2, 0.25) is 5.15 Å². The second-order valence-electron chi connectivity index (χ2n) is 3.63. The molecule has 0 saturated heterocycles. The summed E-state index contributed by atoms with van der Waals surface area (Å²) in [5.41, 5.74) is 1.52. The molecule has 18 heavy (non-hydrogen) atoms. The number of nitrogens with zero attached hydrogens (tertiary/aromatic N) is 2. The molecule has 0 fully saturated rings. The van der Waals surface area contributed by atoms with Crippen LogP contribution in [0.5, 0.6) is 0 Å². The van der Waals surface area contributed by atoms with Gasteiger partial charge in [0.25, 0.3) is 5.91 Å². The summed E-state index contributed by atoms with van der Waals surface area (Å²) in [7, 11) is 0. The average molecular weight is 327 g/mol. The van der Waals surface area contributed by atoms with Gasteiger partial charge in [0.15, 0.2) is 11.0 Å². The molecule has 1 amide bonds. The third kappa shape index (κ3) is 2.86. The SMILES string of the molecule is Cc1ccc(Br)c(C(=O)Nc2nccnc2Cl)c1. The number of aryl methyl sites for hydroxylation is 1. The maximum atomic E-state index is 12.1. The van der Waals surface area contributed by atoms with Crippen molar-refractivity contribution in [3.05, 3.63) is 51.3 Å². The van der Waals surface area contributed by atoms with Gasteiger partial charge in [-0.05, 0) is 35.0 Å². The number of amides is 1. The summed E-state index contributed by atoms with van der Waals surface area (Å²) in [6.45, 7) is 1.92. The van der Waals surface area contributed by atoms with Crippen LogP contribution in [0.3, 0.4) is 0 Å². The number of benzene rings is 1. The summed E-state index contributed by atoms with van der Waals surface area (Å²) in [5, 5.41) is 2.78. The summed E-state index contributed by atoms with van der Waals surface area (Å²) in [4.78, 5) is 19.9. The molecule has 2 rings (SSSR count). The van der Waals surface area contributed by atoms with Crippen LogP contribution >= 0.6 is 27.5 Å². The molecular weight excluding hydrogens is 318 g/mol. The van der Waals surface area contributed by atoms with Gasteiger partial charge in [0.1, 0.15) is 0 Å². The number of anilines is 1. The fourth-order valence-corrected chi connectivity index (χ4v) is 1.97. The predicted octanol–water partition coefficient (Wildman–Crippen LogP) is 3.45. The fraction of sp³-hybridized carbons (Fsp3) is 0.0833. The molecule has 1 aromatic carbocycles. The fourth-order valence-electron chi connectivity index (χ4n) is 1.39. The molecule has 4 nitrogen and oxygen atoms in total. The number of carbonyl (C=O) groups is 1. The minimum atomic E-state index is -0.284. The van der Waals surface area contributed by atoms with Crippen LogP contribution in [0.25, 0.3) is 0 Å². The Morgan fingerprint density at radius 3 is 2.78 bits per heavy atom. The first-order chi connectivity index (χ1) is 8.58. The van der Waals surface area contributed by atoms with E-state index < -0.39 is 0 Å². The first-order valence-corrected chi connectivity index (χ1v) is 6.29. The molecule has 0 atom stereocenters. The largest absolute Gasteiger partial charge is 0.304 e. The highest BCUT2D eigenvalue weighted by Crippen LogP contribution is 2.21. The van der Waals surface area contributed by atoms with Crippen LogP contribution in [0, 0.1) is 6.92 Å². The van der Waals surface area contributed by atoms with Gasteiger partial charge in [-0.1, -0.05) is 23.2 Å². The van der Waals surface area contributed by atoms with Crippen molar-refractivity contribution >= 4 is 39.3 Å². The first-order valence-electron chi connectivity index (χ1n) is 5.12. The van der Waals surface area contributed by atoms with Gasteiger partial charge in [0.2, 0.25) is 0 Å². The molecule has 0 spiro atoms. The van der Waals surface area contributed by atoms with Gasteiger partial charge in [-0.3, -0.25) is 4.79 Å². The maximum absolute atomic E-state index is 12.1. The van der Waals surface area contributed by atoms with Crippen molar-refractivity contribution in [3.63, 3.8) is 0 Å². The van der Waals surface area contributed by atoms with Crippen molar-refractivity contribution in [2.45, 2.75) is 6.92 Å². The summed E-state index contributed by atoms with van der Waals surface area (Å²) in [6.07, 6.45) is 2.92. The zero-order valence-electron chi connectivity index (χ0n) is 9.45. The molecule has 6 heteroatoms. The summed E-state index contributed by atoms with van der Waals surface area (Å²) < 4.78 is 0.714. The molecule has 0 aliphatic rings. The lowest BCUT2D eigenvalue weighted by Gasteiger charge is -2.07. The highest BCUT2D eigenvalue weighted by Gasteiger charge is 2.13. The van der Waals surface area contributed by atoms with Gasteiger partial charge in [0.05, 0.1) is 5.56 Å². The molecule has 1 N–H and O–H groups in total. The number of hydrogen-bond acceptors (Lipinski definition) is 3. The zero-order chi connectivity index (χ0) is 13.1. The first kappa shape index (κ1) is 13.0. The zero-order valence-corrected chi connectivity index (χ0v) is 11.8. The molecule has 0 unspecified atom stereocenters. The maximum Gasteiger partial charge on any atom is 0.258 e. The Balaban J connectivity index is 2.28. The normalized spacial score (nSPS) is 10.2. The lowest BCUT2D eigenvalue weighted by Crippen LogP contribution is -2.14. The molecule has 92 valence electrons. The van der Waals surface area contributed by atoms with Crippen molar-refractivity contribution in [1.82, 2.24) is 9.97 Å². The Morgan fingerprint density at radius 1 is 1.33 bits per heavy atom. The smallest absolute Gasteiger partial charge is 0.258 e. The van der Waals surface area contributed by atoms with E-state index in [0.717, 1.165) is 5.56 Å². The molecule has 2 aromatic rings. The molecule has 0 radical (unpaired) electrons. The number of carbonyl (C=O) groups excluding carboxylic acids is 1. The standard InChI is InChI=1S/C12H9BrClN3O/c1-7-2-3-9(13)8(6-7)12(18)17-11-10(14)15-4-5-16-11/h2-6H,1H3,(H,16,17,18). The van der Waals surface area contributed by atoms with Gasteiger partial charge in [0, 0.05) is 16.9 Å². The Kier molecular flexibility index (Phi) is 3.93. The number of hydrogen-bond donors (Lipinski definition) is 1. The predicted molar refractivity (Wildman–Crippen MR) is 73.9 cm³/mol. The van der Waals surface area contributed by atoms with E-state index in [1.165, 1.54) is 12.4 Å². The van der Waals surface area contributed by atoms with Gasteiger partial charge in [-0.2, -0.15) is 0 Å². The Labute approximate surface area is 118 Å². The van der Waals surface area contributed by atoms with Crippen molar-refractivity contribution in [1.29, 1.82) is 0 Å². The average Bonchev–Trinajstić information content (AvgIpc) is 2.35. The number of nitrogens with one attached hydrogen (secondary N) is 1. The van der Waals surface area contributed by atoms with Gasteiger partial charge in [-0.15, -0.1) is 0 Å². The van der Waals surface area contributed by atoms with Crippen LogP contribution in [0.4, 0.5) is 5.82 Å². The lowest BCUT2D eigenvalue weighted by atomic mass is 10.1. The number of rotatable bonds is 2. The highest BCUT2D eigenvalue weighted by molar-refractivity contribution is 9.10. The van der Waals surface area contributed by atoms with Crippen LogP contribution in [0.15, 0.2) is 35.1 Å². The van der Waals surface area contributed by atoms with E-state index in [1.54, 1.807) is 6.07 Å². The van der Waals surface area contributed by atoms with Crippen molar-refractivity contribution in [2.24, 2.45) is 0 Å². The van der Waals surface area contributed by atoms with E-state index in [0.29, 0.717) is 10.0 Å². The van der Waals surface area contributed by atoms with E-state index in [4.69, 9.17) is 11.6 Å². The van der Waals surface area contributed by atoms with E-state index >= 15 is 0 Å². The van der Waals surface area contributed by atoms with E-state index in [9.17, 15) is 4.79 Å². The third-order valence-electron chi connectivity index (χ3n) is 2.25. The molecule has 1 heterocycles. The lowest BCUT2D eigenvalue weighted by molar-refractivity contribution is 0.102. The third-order valence-corrected chi connectivity index (χ3v) is 3.22. The second-order valence-corrected chi connectivity index (χ2v) is 4.85. The minimum Gasteiger partial charge on any atom is -0.304 e. The summed E-state index contributed by atoms with van der Waals surface area (Å²) in [5.74, 6) is -0.0365. The van der Waals surface area contributed by atoms with Crippen molar-refractivity contribution in [3.8, 4) is 0 Å². The van der Waals surface area contributed by atoms with Gasteiger partial charge >= 0.3 is 0 Å². The molecule has 1 aromatic heterocycles. The highest BCUT2D eigenvalue weighted by atomic mass is 79.9. The molecule has 0 aliphatic carbocycles. The summed E-state index contributed by atoms with van der Waals surface area (Å²) >= 11 is 9.16. The number of aromatic nitrogens is 2. The Hall–Kier alpha value is -1.46. The summed E-state index contributed by atoms with van der Waals surface area (Å²) in [6, 6.07) is 5.52. The monoisotopic (exact) mass is 325 g/mol. The Morgan fingerprint density at radius 2 is 2.06 bits per heavy atom. The van der Waals surface area contributed by atoms with Crippen LogP contribution in [0.1, 0.15) is 15.9 Å². The molecule has 0 aliphatic heterocycles. The molecular formula is C12H9BrClN3O. The second kappa shape index (κ2) is 5.46. The van der Waals surface area contributed by atoms with Crippen molar-refractivity contribution in [2.75, 3.05) is 5.32 Å². The molecule has 0 saturated carbocycles. The van der Waals surface area contributed by atoms with E-state index in [1.807, 2.05) is 19.1 Å². The van der Waals surface area contributed by atoms with Gasteiger partial charge in [-0.25, -0.2) is 9.97 Å². The van der Waals surface area contributed by atoms with Crippen LogP contribution in [-0.4, -0.2) is 15.9 Å². The topological polar surface area (TPSA) is 54.9 Å². The van der Waals surface area contributed by atoms with E-state index in [-0.39, 0.29) is 16.9 Å². The minimum absolute atomic E-state index is 0.162. The van der Waals surface area contributed by atoms with Crippen LogP contribution in [-0.2, 0) is 0 Å². The van der Waals surface area contributed by atoms with Gasteiger partial charge < -0.3 is 5.32 Å². The molecule has 0 bridgehead atoms. The van der Waals surface area contributed by atoms with E-state index in [2.05, 4.69) is 31.2 Å². The van der Waals surface area contributed by atoms with Crippen LogP contribution < -0.4 is 5.32 Å². The Bertz CT molecular complexity index is 604. The number of halogens is 2. The van der Waals surface area contributed by atoms with Crippen molar-refractivity contribution < 1.29 is 4.79 Å².